The summed E-state index contributed by atoms with van der Waals surface area (Å²) in [4.78, 5) is 0. The summed E-state index contributed by atoms with van der Waals surface area (Å²) in [6, 6.07) is 19.4. The van der Waals surface area contributed by atoms with Crippen molar-refractivity contribution in [2.75, 3.05) is 13.7 Å². The minimum absolute atomic E-state index is 0.267. The number of hydrogen-bond donors (Lipinski definition) is 2. The van der Waals surface area contributed by atoms with E-state index in [0.29, 0.717) is 13.2 Å². The van der Waals surface area contributed by atoms with Gasteiger partial charge in [0.2, 0.25) is 0 Å². The van der Waals surface area contributed by atoms with Gasteiger partial charge in [-0.1, -0.05) is 60.7 Å². The molecule has 2 aromatic carbocycles. The van der Waals surface area contributed by atoms with Crippen molar-refractivity contribution in [3.8, 4) is 0 Å². The number of methoxy groups -OCH3 is 1. The van der Waals surface area contributed by atoms with Crippen LogP contribution in [0.5, 0.6) is 0 Å². The second kappa shape index (κ2) is 9.94. The van der Waals surface area contributed by atoms with Gasteiger partial charge in [0.05, 0.1) is 19.8 Å². The van der Waals surface area contributed by atoms with Crippen LogP contribution in [0.2, 0.25) is 0 Å². The molecule has 0 saturated carbocycles. The summed E-state index contributed by atoms with van der Waals surface area (Å²) in [6.45, 7) is 0.362. The molecular formula is C21H26O6. The predicted octanol–water partition coefficient (Wildman–Crippen LogP) is 1.88. The van der Waals surface area contributed by atoms with Crippen LogP contribution in [0.15, 0.2) is 60.7 Å². The van der Waals surface area contributed by atoms with Crippen molar-refractivity contribution >= 4 is 0 Å². The van der Waals surface area contributed by atoms with E-state index in [0.717, 1.165) is 11.1 Å². The number of hydrogen-bond acceptors (Lipinski definition) is 6. The first-order chi connectivity index (χ1) is 13.2. The second-order valence-electron chi connectivity index (χ2n) is 6.47. The number of aliphatic hydroxyl groups is 2. The topological polar surface area (TPSA) is 77.4 Å². The Bertz CT molecular complexity index is 665. The summed E-state index contributed by atoms with van der Waals surface area (Å²) in [5.74, 6) is 0. The normalized spacial score (nSPS) is 28.2. The summed E-state index contributed by atoms with van der Waals surface area (Å²) in [5.41, 5.74) is 1.96. The van der Waals surface area contributed by atoms with Crippen molar-refractivity contribution in [1.82, 2.24) is 0 Å². The van der Waals surface area contributed by atoms with Gasteiger partial charge in [-0.15, -0.1) is 0 Å². The molecule has 6 nitrogen and oxygen atoms in total. The van der Waals surface area contributed by atoms with Crippen molar-refractivity contribution in [3.63, 3.8) is 0 Å². The van der Waals surface area contributed by atoms with Gasteiger partial charge >= 0.3 is 0 Å². The first-order valence-corrected chi connectivity index (χ1v) is 9.01. The molecule has 2 N–H and O–H groups in total. The average molecular weight is 374 g/mol. The van der Waals surface area contributed by atoms with Crippen LogP contribution in [0.1, 0.15) is 11.1 Å². The van der Waals surface area contributed by atoms with Crippen LogP contribution in [0.25, 0.3) is 0 Å². The molecule has 0 bridgehead atoms. The Labute approximate surface area is 159 Å². The Kier molecular flexibility index (Phi) is 7.34. The van der Waals surface area contributed by atoms with E-state index in [4.69, 9.17) is 18.9 Å². The average Bonchev–Trinajstić information content (AvgIpc) is 2.73. The van der Waals surface area contributed by atoms with Crippen molar-refractivity contribution in [2.24, 2.45) is 0 Å². The number of rotatable bonds is 8. The van der Waals surface area contributed by atoms with Crippen LogP contribution in [0.4, 0.5) is 0 Å². The van der Waals surface area contributed by atoms with Gasteiger partial charge in [-0.3, -0.25) is 0 Å². The lowest BCUT2D eigenvalue weighted by Crippen LogP contribution is -2.60. The second-order valence-corrected chi connectivity index (χ2v) is 6.47. The zero-order valence-corrected chi connectivity index (χ0v) is 15.3. The Hall–Kier alpha value is -1.80. The molecule has 146 valence electrons. The molecular weight excluding hydrogens is 348 g/mol. The highest BCUT2D eigenvalue weighted by molar-refractivity contribution is 5.14. The molecule has 27 heavy (non-hydrogen) atoms. The molecule has 0 unspecified atom stereocenters. The van der Waals surface area contributed by atoms with Crippen LogP contribution < -0.4 is 0 Å². The molecule has 1 aliphatic rings. The minimum atomic E-state index is -1.04. The Morgan fingerprint density at radius 3 is 1.85 bits per heavy atom. The molecule has 1 fully saturated rings. The molecule has 6 heteroatoms. The van der Waals surface area contributed by atoms with Crippen molar-refractivity contribution < 1.29 is 29.2 Å². The van der Waals surface area contributed by atoms with E-state index in [1.54, 1.807) is 0 Å². The quantitative estimate of drug-likeness (QED) is 0.735. The summed E-state index contributed by atoms with van der Waals surface area (Å²) >= 11 is 0. The van der Waals surface area contributed by atoms with Crippen molar-refractivity contribution in [2.45, 2.75) is 43.9 Å². The summed E-state index contributed by atoms with van der Waals surface area (Å²) in [5, 5.41) is 20.4. The molecule has 1 aliphatic heterocycles. The molecule has 3 rings (SSSR count). The number of ether oxygens (including phenoxy) is 4. The molecule has 0 spiro atoms. The smallest absolute Gasteiger partial charge is 0.186 e. The number of aliphatic hydroxyl groups excluding tert-OH is 2. The lowest BCUT2D eigenvalue weighted by molar-refractivity contribution is -0.311. The molecule has 1 heterocycles. The highest BCUT2D eigenvalue weighted by Gasteiger charge is 2.46. The lowest BCUT2D eigenvalue weighted by Gasteiger charge is -2.43. The van der Waals surface area contributed by atoms with E-state index < -0.39 is 30.7 Å². The summed E-state index contributed by atoms with van der Waals surface area (Å²) in [6.07, 6.45) is -3.94. The third-order valence-electron chi connectivity index (χ3n) is 4.60. The van der Waals surface area contributed by atoms with E-state index in [1.165, 1.54) is 7.11 Å². The Morgan fingerprint density at radius 2 is 1.37 bits per heavy atom. The van der Waals surface area contributed by atoms with E-state index in [2.05, 4.69) is 0 Å². The third kappa shape index (κ3) is 5.13. The van der Waals surface area contributed by atoms with Crippen molar-refractivity contribution in [1.29, 1.82) is 0 Å². The van der Waals surface area contributed by atoms with Gasteiger partial charge in [-0.2, -0.15) is 0 Å². The van der Waals surface area contributed by atoms with E-state index in [-0.39, 0.29) is 6.61 Å². The molecule has 0 radical (unpaired) electrons. The van der Waals surface area contributed by atoms with Gasteiger partial charge in [0, 0.05) is 7.11 Å². The maximum Gasteiger partial charge on any atom is 0.186 e. The molecule has 0 aromatic heterocycles. The maximum absolute atomic E-state index is 10.7. The molecule has 2 aromatic rings. The van der Waals surface area contributed by atoms with Gasteiger partial charge < -0.3 is 29.2 Å². The maximum atomic E-state index is 10.7. The van der Waals surface area contributed by atoms with Crippen LogP contribution in [0, 0.1) is 0 Å². The first-order valence-electron chi connectivity index (χ1n) is 9.01. The molecule has 0 aliphatic carbocycles. The van der Waals surface area contributed by atoms with E-state index in [1.807, 2.05) is 60.7 Å². The lowest BCUT2D eigenvalue weighted by atomic mass is 9.98. The summed E-state index contributed by atoms with van der Waals surface area (Å²) < 4.78 is 22.9. The fourth-order valence-corrected chi connectivity index (χ4v) is 3.16. The van der Waals surface area contributed by atoms with Gasteiger partial charge in [0.15, 0.2) is 6.29 Å². The van der Waals surface area contributed by atoms with Gasteiger partial charge in [-0.25, -0.2) is 0 Å². The SMILES string of the molecule is CO[C@@H]1O[C@H](CO)[C@H](OCc2ccccc2)[C@H](OCc2ccccc2)[C@@H]1O. The van der Waals surface area contributed by atoms with Crippen LogP contribution in [-0.4, -0.2) is 54.6 Å². The van der Waals surface area contributed by atoms with E-state index >= 15 is 0 Å². The van der Waals surface area contributed by atoms with Crippen LogP contribution in [0.3, 0.4) is 0 Å². The monoisotopic (exact) mass is 374 g/mol. The Balaban J connectivity index is 1.73. The standard InChI is InChI=1S/C21H26O6/c1-24-21-18(23)20(26-14-16-10-6-3-7-11-16)19(17(12-22)27-21)25-13-15-8-4-2-5-9-15/h2-11,17-23H,12-14H2,1H3/t17-,18+,19+,20-,21-/m1/s1. The summed E-state index contributed by atoms with van der Waals surface area (Å²) in [7, 11) is 1.45. The van der Waals surface area contributed by atoms with Crippen LogP contribution in [-0.2, 0) is 32.2 Å². The fraction of sp³-hybridized carbons (Fsp3) is 0.429. The molecule has 5 atom stereocenters. The van der Waals surface area contributed by atoms with Crippen molar-refractivity contribution in [3.05, 3.63) is 71.8 Å². The van der Waals surface area contributed by atoms with Gasteiger partial charge in [-0.05, 0) is 11.1 Å². The fourth-order valence-electron chi connectivity index (χ4n) is 3.16. The molecule has 1 saturated heterocycles. The Morgan fingerprint density at radius 1 is 0.852 bits per heavy atom. The number of benzene rings is 2. The zero-order valence-electron chi connectivity index (χ0n) is 15.3. The third-order valence-corrected chi connectivity index (χ3v) is 4.60. The van der Waals surface area contributed by atoms with Gasteiger partial charge in [0.25, 0.3) is 0 Å². The first kappa shape index (κ1) is 19.9. The largest absolute Gasteiger partial charge is 0.394 e. The van der Waals surface area contributed by atoms with Gasteiger partial charge in [0.1, 0.15) is 24.4 Å². The van der Waals surface area contributed by atoms with Crippen LogP contribution >= 0.6 is 0 Å². The highest BCUT2D eigenvalue weighted by atomic mass is 16.7. The minimum Gasteiger partial charge on any atom is -0.394 e. The van der Waals surface area contributed by atoms with E-state index in [9.17, 15) is 10.2 Å². The predicted molar refractivity (Wildman–Crippen MR) is 98.8 cm³/mol. The molecule has 0 amide bonds. The zero-order chi connectivity index (χ0) is 19.1. The highest BCUT2D eigenvalue weighted by Crippen LogP contribution is 2.28.